The van der Waals surface area contributed by atoms with E-state index in [2.05, 4.69) is 21.2 Å². The van der Waals surface area contributed by atoms with Gasteiger partial charge in [-0.1, -0.05) is 28.1 Å². The van der Waals surface area contributed by atoms with Crippen LogP contribution in [0.25, 0.3) is 0 Å². The summed E-state index contributed by atoms with van der Waals surface area (Å²) in [6.07, 6.45) is 0.375. The highest BCUT2D eigenvalue weighted by atomic mass is 79.9. The molecule has 2 nitrogen and oxygen atoms in total. The van der Waals surface area contributed by atoms with Crippen molar-refractivity contribution in [2.24, 2.45) is 0 Å². The molecule has 0 fully saturated rings. The SMILES string of the molecule is CC(Cl)C(C)(C)NC(=O)Cc1ccc(Br)cc1. The molecular formula is C13H17BrClNO. The summed E-state index contributed by atoms with van der Waals surface area (Å²) >= 11 is 9.38. The van der Waals surface area contributed by atoms with Gasteiger partial charge >= 0.3 is 0 Å². The van der Waals surface area contributed by atoms with Gasteiger partial charge in [-0.3, -0.25) is 4.79 Å². The molecule has 4 heteroatoms. The first-order valence-corrected chi connectivity index (χ1v) is 6.74. The predicted molar refractivity (Wildman–Crippen MR) is 75.4 cm³/mol. The molecule has 0 saturated heterocycles. The lowest BCUT2D eigenvalue weighted by atomic mass is 10.0. The maximum absolute atomic E-state index is 11.8. The minimum Gasteiger partial charge on any atom is -0.349 e. The summed E-state index contributed by atoms with van der Waals surface area (Å²) in [6.45, 7) is 5.72. The molecule has 0 aliphatic heterocycles. The van der Waals surface area contributed by atoms with Crippen molar-refractivity contribution in [1.82, 2.24) is 5.32 Å². The number of rotatable bonds is 4. The van der Waals surface area contributed by atoms with Crippen molar-refractivity contribution in [3.8, 4) is 0 Å². The largest absolute Gasteiger partial charge is 0.349 e. The molecule has 0 spiro atoms. The van der Waals surface area contributed by atoms with Crippen LogP contribution < -0.4 is 5.32 Å². The first-order chi connectivity index (χ1) is 7.81. The topological polar surface area (TPSA) is 29.1 Å². The number of halogens is 2. The standard InChI is InChI=1S/C13H17BrClNO/c1-9(15)13(2,3)16-12(17)8-10-4-6-11(14)7-5-10/h4-7,9H,8H2,1-3H3,(H,16,17). The zero-order chi connectivity index (χ0) is 13.1. The molecule has 0 saturated carbocycles. The quantitative estimate of drug-likeness (QED) is 0.846. The highest BCUT2D eigenvalue weighted by Gasteiger charge is 2.25. The molecule has 1 atom stereocenters. The van der Waals surface area contributed by atoms with Gasteiger partial charge in [0.25, 0.3) is 0 Å². The number of benzene rings is 1. The second-order valence-electron chi connectivity index (χ2n) is 4.69. The maximum atomic E-state index is 11.8. The van der Waals surface area contributed by atoms with Crippen LogP contribution in [0, 0.1) is 0 Å². The van der Waals surface area contributed by atoms with Crippen LogP contribution in [0.2, 0.25) is 0 Å². The van der Waals surface area contributed by atoms with E-state index in [1.165, 1.54) is 0 Å². The van der Waals surface area contributed by atoms with E-state index in [0.29, 0.717) is 6.42 Å². The van der Waals surface area contributed by atoms with Crippen LogP contribution in [0.4, 0.5) is 0 Å². The third kappa shape index (κ3) is 4.68. The molecule has 0 aliphatic carbocycles. The van der Waals surface area contributed by atoms with E-state index < -0.39 is 5.54 Å². The summed E-state index contributed by atoms with van der Waals surface area (Å²) in [7, 11) is 0. The first kappa shape index (κ1) is 14.5. The van der Waals surface area contributed by atoms with Gasteiger partial charge in [0.15, 0.2) is 0 Å². The van der Waals surface area contributed by atoms with E-state index in [1.807, 2.05) is 45.0 Å². The Morgan fingerprint density at radius 2 is 1.94 bits per heavy atom. The molecule has 94 valence electrons. The van der Waals surface area contributed by atoms with E-state index in [0.717, 1.165) is 10.0 Å². The van der Waals surface area contributed by atoms with Gasteiger partial charge in [-0.05, 0) is 38.5 Å². The van der Waals surface area contributed by atoms with Crippen molar-refractivity contribution in [3.05, 3.63) is 34.3 Å². The number of carbonyl (C=O) groups is 1. The highest BCUT2D eigenvalue weighted by molar-refractivity contribution is 9.10. The van der Waals surface area contributed by atoms with Crippen molar-refractivity contribution < 1.29 is 4.79 Å². The van der Waals surface area contributed by atoms with Gasteiger partial charge in [0.1, 0.15) is 0 Å². The fourth-order valence-electron chi connectivity index (χ4n) is 1.29. The molecule has 1 aromatic rings. The number of amides is 1. The molecule has 1 amide bonds. The average Bonchev–Trinajstić information content (AvgIpc) is 2.20. The van der Waals surface area contributed by atoms with Crippen LogP contribution >= 0.6 is 27.5 Å². The van der Waals surface area contributed by atoms with E-state index in [9.17, 15) is 4.79 Å². The predicted octanol–water partition coefficient (Wildman–Crippen LogP) is 3.51. The molecule has 0 heterocycles. The molecule has 0 aliphatic rings. The number of hydrogen-bond acceptors (Lipinski definition) is 1. The molecule has 0 bridgehead atoms. The van der Waals surface area contributed by atoms with Gasteiger partial charge in [0.2, 0.25) is 5.91 Å². The second kappa shape index (κ2) is 5.87. The Labute approximate surface area is 116 Å². The van der Waals surface area contributed by atoms with Crippen LogP contribution in [-0.2, 0) is 11.2 Å². The monoisotopic (exact) mass is 317 g/mol. The van der Waals surface area contributed by atoms with Crippen LogP contribution in [0.5, 0.6) is 0 Å². The minimum absolute atomic E-state index is 0.00942. The Hall–Kier alpha value is -0.540. The zero-order valence-corrected chi connectivity index (χ0v) is 12.6. The number of hydrogen-bond donors (Lipinski definition) is 1. The van der Waals surface area contributed by atoms with Gasteiger partial charge < -0.3 is 5.32 Å². The smallest absolute Gasteiger partial charge is 0.224 e. The molecule has 17 heavy (non-hydrogen) atoms. The van der Waals surface area contributed by atoms with Crippen molar-refractivity contribution in [2.45, 2.75) is 38.1 Å². The Morgan fingerprint density at radius 1 is 1.41 bits per heavy atom. The lowest BCUT2D eigenvalue weighted by Crippen LogP contribution is -2.49. The Morgan fingerprint density at radius 3 is 2.41 bits per heavy atom. The van der Waals surface area contributed by atoms with Gasteiger partial charge in [0.05, 0.1) is 17.3 Å². The molecule has 1 aromatic carbocycles. The van der Waals surface area contributed by atoms with Crippen LogP contribution in [0.3, 0.4) is 0 Å². The van der Waals surface area contributed by atoms with Crippen molar-refractivity contribution >= 4 is 33.4 Å². The second-order valence-corrected chi connectivity index (χ2v) is 6.26. The maximum Gasteiger partial charge on any atom is 0.224 e. The van der Waals surface area contributed by atoms with Crippen molar-refractivity contribution in [1.29, 1.82) is 0 Å². The summed E-state index contributed by atoms with van der Waals surface area (Å²) < 4.78 is 1.01. The summed E-state index contributed by atoms with van der Waals surface area (Å²) in [4.78, 5) is 11.8. The summed E-state index contributed by atoms with van der Waals surface area (Å²) in [5, 5.41) is 2.82. The fraction of sp³-hybridized carbons (Fsp3) is 0.462. The minimum atomic E-state index is -0.395. The summed E-state index contributed by atoms with van der Waals surface area (Å²) in [5.74, 6) is -0.00942. The zero-order valence-electron chi connectivity index (χ0n) is 10.3. The lowest BCUT2D eigenvalue weighted by Gasteiger charge is -2.29. The molecule has 1 rings (SSSR count). The number of alkyl halides is 1. The molecule has 1 unspecified atom stereocenters. The molecule has 1 N–H and O–H groups in total. The molecule has 0 radical (unpaired) electrons. The first-order valence-electron chi connectivity index (χ1n) is 5.51. The van der Waals surface area contributed by atoms with Crippen LogP contribution in [0.15, 0.2) is 28.7 Å². The highest BCUT2D eigenvalue weighted by Crippen LogP contribution is 2.15. The van der Waals surface area contributed by atoms with E-state index in [-0.39, 0.29) is 11.3 Å². The molecule has 0 aromatic heterocycles. The van der Waals surface area contributed by atoms with E-state index in [1.54, 1.807) is 0 Å². The summed E-state index contributed by atoms with van der Waals surface area (Å²) in [6, 6.07) is 7.72. The van der Waals surface area contributed by atoms with Gasteiger partial charge in [-0.15, -0.1) is 11.6 Å². The van der Waals surface area contributed by atoms with Crippen molar-refractivity contribution in [3.63, 3.8) is 0 Å². The number of nitrogens with one attached hydrogen (secondary N) is 1. The van der Waals surface area contributed by atoms with E-state index >= 15 is 0 Å². The summed E-state index contributed by atoms with van der Waals surface area (Å²) in [5.41, 5.74) is 0.595. The third-order valence-electron chi connectivity index (χ3n) is 2.73. The van der Waals surface area contributed by atoms with Crippen LogP contribution in [-0.4, -0.2) is 16.8 Å². The average molecular weight is 319 g/mol. The molecular weight excluding hydrogens is 302 g/mol. The Kier molecular flexibility index (Phi) is 5.02. The van der Waals surface area contributed by atoms with Gasteiger partial charge in [-0.2, -0.15) is 0 Å². The third-order valence-corrected chi connectivity index (χ3v) is 3.81. The van der Waals surface area contributed by atoms with Gasteiger partial charge in [0, 0.05) is 4.47 Å². The van der Waals surface area contributed by atoms with E-state index in [4.69, 9.17) is 11.6 Å². The van der Waals surface area contributed by atoms with Crippen molar-refractivity contribution in [2.75, 3.05) is 0 Å². The Bertz CT molecular complexity index is 387. The lowest BCUT2D eigenvalue weighted by molar-refractivity contribution is -0.122. The van der Waals surface area contributed by atoms with Crippen LogP contribution in [0.1, 0.15) is 26.3 Å². The number of carbonyl (C=O) groups excluding carboxylic acids is 1. The Balaban J connectivity index is 2.59. The fourth-order valence-corrected chi connectivity index (χ4v) is 1.61. The normalized spacial score (nSPS) is 13.2. The van der Waals surface area contributed by atoms with Gasteiger partial charge in [-0.25, -0.2) is 0 Å².